The smallest absolute Gasteiger partial charge is 0.237 e. The normalized spacial score (nSPS) is 18.1. The molecule has 1 heterocycles. The number of hydrogen-bond donors (Lipinski definition) is 0. The minimum absolute atomic E-state index is 0.0295. The molecule has 1 aromatic rings. The number of benzene rings is 1. The molecule has 1 unspecified atom stereocenters. The van der Waals surface area contributed by atoms with Gasteiger partial charge in [-0.3, -0.25) is 0 Å². The quantitative estimate of drug-likeness (QED) is 0.578. The van der Waals surface area contributed by atoms with Crippen LogP contribution in [0.15, 0.2) is 12.3 Å². The van der Waals surface area contributed by atoms with Crippen LogP contribution in [0, 0.1) is 9.39 Å². The second-order valence-corrected chi connectivity index (χ2v) is 5.09. The highest BCUT2D eigenvalue weighted by molar-refractivity contribution is 14.1. The van der Waals surface area contributed by atoms with E-state index >= 15 is 0 Å². The van der Waals surface area contributed by atoms with Crippen molar-refractivity contribution in [2.45, 2.75) is 20.1 Å². The summed E-state index contributed by atoms with van der Waals surface area (Å²) in [6, 6.07) is 1.48. The zero-order valence-electron chi connectivity index (χ0n) is 9.80. The van der Waals surface area contributed by atoms with E-state index < -0.39 is 5.82 Å². The van der Waals surface area contributed by atoms with Crippen molar-refractivity contribution in [1.29, 1.82) is 0 Å². The minimum Gasteiger partial charge on any atom is -0.492 e. The monoisotopic (exact) mass is 384 g/mol. The Morgan fingerprint density at radius 1 is 1.56 bits per heavy atom. The lowest BCUT2D eigenvalue weighted by Gasteiger charge is -2.14. The first-order chi connectivity index (χ1) is 8.54. The van der Waals surface area contributed by atoms with Crippen molar-refractivity contribution < 1.29 is 18.6 Å². The molecular formula is C12H11ClFIO3. The molecule has 3 nitrogen and oxygen atoms in total. The summed E-state index contributed by atoms with van der Waals surface area (Å²) in [4.78, 5) is 0. The molecule has 0 aromatic heterocycles. The summed E-state index contributed by atoms with van der Waals surface area (Å²) < 4.78 is 30.2. The van der Waals surface area contributed by atoms with Gasteiger partial charge in [-0.05, 0) is 35.6 Å². The first kappa shape index (κ1) is 13.7. The number of halogens is 3. The molecule has 0 saturated heterocycles. The average molecular weight is 385 g/mol. The fourth-order valence-electron chi connectivity index (χ4n) is 1.57. The molecule has 1 aliphatic heterocycles. The van der Waals surface area contributed by atoms with Crippen molar-refractivity contribution in [2.75, 3.05) is 6.61 Å². The van der Waals surface area contributed by atoms with E-state index in [4.69, 9.17) is 25.8 Å². The fourth-order valence-corrected chi connectivity index (χ4v) is 2.67. The molecule has 1 aliphatic rings. The zero-order chi connectivity index (χ0) is 13.3. The van der Waals surface area contributed by atoms with Gasteiger partial charge in [-0.25, -0.2) is 4.39 Å². The maximum absolute atomic E-state index is 13.7. The van der Waals surface area contributed by atoms with Gasteiger partial charge in [-0.2, -0.15) is 0 Å². The third-order valence-corrected chi connectivity index (χ3v) is 3.57. The van der Waals surface area contributed by atoms with Crippen LogP contribution in [0.4, 0.5) is 4.39 Å². The Balaban J connectivity index is 2.51. The van der Waals surface area contributed by atoms with E-state index in [2.05, 4.69) is 0 Å². The zero-order valence-corrected chi connectivity index (χ0v) is 12.7. The van der Waals surface area contributed by atoms with Crippen LogP contribution in [0.25, 0.3) is 5.76 Å². The summed E-state index contributed by atoms with van der Waals surface area (Å²) in [6.07, 6.45) is 1.11. The van der Waals surface area contributed by atoms with E-state index in [-0.39, 0.29) is 11.3 Å². The minimum atomic E-state index is -0.489. The Bertz CT molecular complexity index is 505. The van der Waals surface area contributed by atoms with Crippen LogP contribution in [0.5, 0.6) is 5.75 Å². The standard InChI is InChI=1S/C12H11ClFIO3/c1-3-16-12-7(9-5-17-6(2)18-9)4-8(13)10(14)11(12)15/h4-6H,3H2,1-2H3. The molecule has 0 bridgehead atoms. The van der Waals surface area contributed by atoms with E-state index in [1.54, 1.807) is 6.92 Å². The largest absolute Gasteiger partial charge is 0.492 e. The molecule has 2 rings (SSSR count). The molecule has 18 heavy (non-hydrogen) atoms. The summed E-state index contributed by atoms with van der Waals surface area (Å²) in [7, 11) is 0. The van der Waals surface area contributed by atoms with Gasteiger partial charge in [0.2, 0.25) is 6.29 Å². The Morgan fingerprint density at radius 3 is 2.83 bits per heavy atom. The first-order valence-corrected chi connectivity index (χ1v) is 6.83. The van der Waals surface area contributed by atoms with E-state index in [0.29, 0.717) is 27.2 Å². The Labute approximate surface area is 123 Å². The number of ether oxygens (including phenoxy) is 3. The maximum atomic E-state index is 13.7. The van der Waals surface area contributed by atoms with Crippen LogP contribution in [-0.2, 0) is 9.47 Å². The van der Waals surface area contributed by atoms with Gasteiger partial charge >= 0.3 is 0 Å². The van der Waals surface area contributed by atoms with Crippen molar-refractivity contribution >= 4 is 40.0 Å². The van der Waals surface area contributed by atoms with Crippen LogP contribution >= 0.6 is 34.2 Å². The van der Waals surface area contributed by atoms with Gasteiger partial charge in [0.05, 0.1) is 20.8 Å². The molecule has 0 radical (unpaired) electrons. The van der Waals surface area contributed by atoms with Gasteiger partial charge in [-0.15, -0.1) is 0 Å². The number of rotatable bonds is 3. The molecule has 0 fully saturated rings. The van der Waals surface area contributed by atoms with Crippen LogP contribution in [0.2, 0.25) is 5.02 Å². The van der Waals surface area contributed by atoms with Gasteiger partial charge in [0.25, 0.3) is 0 Å². The van der Waals surface area contributed by atoms with Gasteiger partial charge < -0.3 is 14.2 Å². The van der Waals surface area contributed by atoms with Crippen LogP contribution < -0.4 is 4.74 Å². The van der Waals surface area contributed by atoms with Gasteiger partial charge in [0, 0.05) is 6.92 Å². The second-order valence-electron chi connectivity index (χ2n) is 3.60. The molecule has 0 spiro atoms. The van der Waals surface area contributed by atoms with Gasteiger partial charge in [0.1, 0.15) is 12.0 Å². The Morgan fingerprint density at radius 2 is 2.28 bits per heavy atom. The Hall–Kier alpha value is -0.690. The molecule has 0 N–H and O–H groups in total. The predicted octanol–water partition coefficient (Wildman–Crippen LogP) is 4.17. The first-order valence-electron chi connectivity index (χ1n) is 5.37. The lowest BCUT2D eigenvalue weighted by molar-refractivity contribution is 0.00183. The lowest BCUT2D eigenvalue weighted by Crippen LogP contribution is -2.04. The summed E-state index contributed by atoms with van der Waals surface area (Å²) in [5.41, 5.74) is 0.594. The van der Waals surface area contributed by atoms with E-state index in [1.165, 1.54) is 12.3 Å². The highest BCUT2D eigenvalue weighted by Gasteiger charge is 2.24. The molecule has 0 amide bonds. The third-order valence-electron chi connectivity index (χ3n) is 2.33. The van der Waals surface area contributed by atoms with Crippen LogP contribution in [-0.4, -0.2) is 12.9 Å². The highest BCUT2D eigenvalue weighted by Crippen LogP contribution is 2.39. The molecular weight excluding hydrogens is 373 g/mol. The van der Waals surface area contributed by atoms with E-state index in [0.717, 1.165) is 0 Å². The maximum Gasteiger partial charge on any atom is 0.237 e. The lowest BCUT2D eigenvalue weighted by atomic mass is 10.1. The molecule has 98 valence electrons. The average Bonchev–Trinajstić information content (AvgIpc) is 2.76. The number of hydrogen-bond acceptors (Lipinski definition) is 3. The molecule has 6 heteroatoms. The molecule has 0 saturated carbocycles. The summed E-state index contributed by atoms with van der Waals surface area (Å²) >= 11 is 7.71. The van der Waals surface area contributed by atoms with Crippen molar-refractivity contribution in [1.82, 2.24) is 0 Å². The topological polar surface area (TPSA) is 27.7 Å². The summed E-state index contributed by atoms with van der Waals surface area (Å²) in [5.74, 6) is 0.423. The van der Waals surface area contributed by atoms with Crippen LogP contribution in [0.1, 0.15) is 19.4 Å². The molecule has 1 aromatic carbocycles. The SMILES string of the molecule is CCOc1c(C2=COC(C)O2)cc(Cl)c(F)c1I. The van der Waals surface area contributed by atoms with Crippen molar-refractivity contribution in [3.63, 3.8) is 0 Å². The molecule has 1 atom stereocenters. The van der Waals surface area contributed by atoms with Crippen molar-refractivity contribution in [2.24, 2.45) is 0 Å². The summed E-state index contributed by atoms with van der Waals surface area (Å²) in [6.45, 7) is 4.02. The van der Waals surface area contributed by atoms with Gasteiger partial charge in [0.15, 0.2) is 11.6 Å². The Kier molecular flexibility index (Phi) is 4.21. The highest BCUT2D eigenvalue weighted by atomic mass is 127. The molecule has 0 aliphatic carbocycles. The van der Waals surface area contributed by atoms with Crippen molar-refractivity contribution in [3.05, 3.63) is 32.3 Å². The second kappa shape index (κ2) is 5.52. The van der Waals surface area contributed by atoms with Gasteiger partial charge in [-0.1, -0.05) is 11.6 Å². The van der Waals surface area contributed by atoms with Crippen LogP contribution in [0.3, 0.4) is 0 Å². The third kappa shape index (κ3) is 2.51. The fraction of sp³-hybridized carbons (Fsp3) is 0.333. The predicted molar refractivity (Wildman–Crippen MR) is 74.9 cm³/mol. The van der Waals surface area contributed by atoms with E-state index in [9.17, 15) is 4.39 Å². The summed E-state index contributed by atoms with van der Waals surface area (Å²) in [5, 5.41) is 0.0295. The van der Waals surface area contributed by atoms with Crippen molar-refractivity contribution in [3.8, 4) is 5.75 Å². The van der Waals surface area contributed by atoms with E-state index in [1.807, 2.05) is 29.5 Å².